The van der Waals surface area contributed by atoms with Crippen LogP contribution in [0.3, 0.4) is 0 Å². The van der Waals surface area contributed by atoms with Gasteiger partial charge in [-0.3, -0.25) is 9.59 Å². The van der Waals surface area contributed by atoms with Crippen molar-refractivity contribution in [2.45, 2.75) is 26.2 Å². The predicted octanol–water partition coefficient (Wildman–Crippen LogP) is 4.63. The highest BCUT2D eigenvalue weighted by Gasteiger charge is 2.23. The molecule has 150 valence electrons. The van der Waals surface area contributed by atoms with Gasteiger partial charge in [0.05, 0.1) is 10.4 Å². The summed E-state index contributed by atoms with van der Waals surface area (Å²) in [5.74, 6) is 0.554. The zero-order chi connectivity index (χ0) is 20.1. The standard InChI is InChI=1S/C22H27ClN2O2S/c1-16(26)21-13-19(15-28-21)22(27)24(2)14-18-8-11-25(12-9-18)10-7-17-3-5-20(23)6-4-17/h3-6,13,15,18H,7-12,14H2,1-2H3. The van der Waals surface area contributed by atoms with Crippen LogP contribution in [0.25, 0.3) is 0 Å². The number of nitrogens with zero attached hydrogens (tertiary/aromatic N) is 2. The highest BCUT2D eigenvalue weighted by Crippen LogP contribution is 2.21. The van der Waals surface area contributed by atoms with Crippen LogP contribution in [0.1, 0.15) is 45.4 Å². The van der Waals surface area contributed by atoms with E-state index in [0.29, 0.717) is 16.4 Å². The molecule has 1 saturated heterocycles. The second kappa shape index (κ2) is 9.68. The normalized spacial score (nSPS) is 15.5. The van der Waals surface area contributed by atoms with Crippen LogP contribution in [0.2, 0.25) is 5.02 Å². The molecule has 0 spiro atoms. The van der Waals surface area contributed by atoms with Crippen molar-refractivity contribution in [1.82, 2.24) is 9.80 Å². The van der Waals surface area contributed by atoms with E-state index in [1.54, 1.807) is 16.3 Å². The molecule has 4 nitrogen and oxygen atoms in total. The number of Topliss-reactive ketones (excluding diaryl/α,β-unsaturated/α-hetero) is 1. The molecule has 0 bridgehead atoms. The van der Waals surface area contributed by atoms with E-state index in [9.17, 15) is 9.59 Å². The number of halogens is 1. The van der Waals surface area contributed by atoms with E-state index in [-0.39, 0.29) is 11.7 Å². The predicted molar refractivity (Wildman–Crippen MR) is 116 cm³/mol. The number of carbonyl (C=O) groups is 2. The first-order chi connectivity index (χ1) is 13.4. The SMILES string of the molecule is CC(=O)c1cc(C(=O)N(C)CC2CCN(CCc3ccc(Cl)cc3)CC2)cs1. The highest BCUT2D eigenvalue weighted by atomic mass is 35.5. The van der Waals surface area contributed by atoms with Crippen molar-refractivity contribution in [3.63, 3.8) is 0 Å². The van der Waals surface area contributed by atoms with Gasteiger partial charge in [0.2, 0.25) is 0 Å². The molecule has 1 aromatic heterocycles. The van der Waals surface area contributed by atoms with Crippen molar-refractivity contribution in [3.8, 4) is 0 Å². The summed E-state index contributed by atoms with van der Waals surface area (Å²) in [6, 6.07) is 9.80. The van der Waals surface area contributed by atoms with Crippen LogP contribution < -0.4 is 0 Å². The first-order valence-electron chi connectivity index (χ1n) is 9.74. The van der Waals surface area contributed by atoms with E-state index in [1.807, 2.05) is 19.2 Å². The molecule has 0 atom stereocenters. The molecule has 0 unspecified atom stereocenters. The van der Waals surface area contributed by atoms with E-state index in [0.717, 1.165) is 50.5 Å². The van der Waals surface area contributed by atoms with Crippen LogP contribution in [-0.4, -0.2) is 54.7 Å². The number of ketones is 1. The second-order valence-corrected chi connectivity index (χ2v) is 8.95. The van der Waals surface area contributed by atoms with Crippen LogP contribution in [0.4, 0.5) is 0 Å². The largest absolute Gasteiger partial charge is 0.341 e. The van der Waals surface area contributed by atoms with Gasteiger partial charge in [-0.1, -0.05) is 23.7 Å². The van der Waals surface area contributed by atoms with Gasteiger partial charge in [0.1, 0.15) is 0 Å². The van der Waals surface area contributed by atoms with Crippen molar-refractivity contribution in [2.75, 3.05) is 33.2 Å². The van der Waals surface area contributed by atoms with Gasteiger partial charge >= 0.3 is 0 Å². The maximum atomic E-state index is 12.6. The van der Waals surface area contributed by atoms with Gasteiger partial charge < -0.3 is 9.80 Å². The third-order valence-electron chi connectivity index (χ3n) is 5.41. The summed E-state index contributed by atoms with van der Waals surface area (Å²) in [5.41, 5.74) is 1.94. The van der Waals surface area contributed by atoms with Crippen molar-refractivity contribution in [1.29, 1.82) is 0 Å². The summed E-state index contributed by atoms with van der Waals surface area (Å²) >= 11 is 7.28. The summed E-state index contributed by atoms with van der Waals surface area (Å²) in [6.07, 6.45) is 3.26. The number of benzene rings is 1. The molecule has 1 aliphatic heterocycles. The van der Waals surface area contributed by atoms with Gasteiger partial charge in [-0.05, 0) is 69.0 Å². The van der Waals surface area contributed by atoms with Crippen LogP contribution in [0.5, 0.6) is 0 Å². The van der Waals surface area contributed by atoms with Gasteiger partial charge in [-0.15, -0.1) is 11.3 Å². The molecule has 1 aromatic carbocycles. The monoisotopic (exact) mass is 418 g/mol. The summed E-state index contributed by atoms with van der Waals surface area (Å²) in [6.45, 7) is 5.52. The molecule has 6 heteroatoms. The van der Waals surface area contributed by atoms with E-state index < -0.39 is 0 Å². The van der Waals surface area contributed by atoms with Gasteiger partial charge in [-0.25, -0.2) is 0 Å². The van der Waals surface area contributed by atoms with E-state index in [1.165, 1.54) is 23.8 Å². The molecule has 28 heavy (non-hydrogen) atoms. The zero-order valence-electron chi connectivity index (χ0n) is 16.5. The molecular formula is C22H27ClN2O2S. The number of likely N-dealkylation sites (tertiary alicyclic amines) is 1. The van der Waals surface area contributed by atoms with E-state index in [2.05, 4.69) is 17.0 Å². The summed E-state index contributed by atoms with van der Waals surface area (Å²) < 4.78 is 0. The fourth-order valence-electron chi connectivity index (χ4n) is 3.65. The fourth-order valence-corrected chi connectivity index (χ4v) is 4.56. The molecule has 0 saturated carbocycles. The number of amides is 1. The number of hydrogen-bond donors (Lipinski definition) is 0. The Bertz CT molecular complexity index is 810. The lowest BCUT2D eigenvalue weighted by Crippen LogP contribution is -2.40. The average molecular weight is 419 g/mol. The maximum Gasteiger partial charge on any atom is 0.254 e. The Balaban J connectivity index is 1.42. The minimum atomic E-state index is 0.00826. The summed E-state index contributed by atoms with van der Waals surface area (Å²) in [4.78, 5) is 29.0. The quantitative estimate of drug-likeness (QED) is 0.615. The smallest absolute Gasteiger partial charge is 0.254 e. The highest BCUT2D eigenvalue weighted by molar-refractivity contribution is 7.12. The summed E-state index contributed by atoms with van der Waals surface area (Å²) in [5, 5.41) is 2.57. The number of rotatable bonds is 7. The Morgan fingerprint density at radius 3 is 2.50 bits per heavy atom. The maximum absolute atomic E-state index is 12.6. The lowest BCUT2D eigenvalue weighted by molar-refractivity contribution is 0.0741. The van der Waals surface area contributed by atoms with E-state index >= 15 is 0 Å². The molecule has 0 N–H and O–H groups in total. The Morgan fingerprint density at radius 1 is 1.21 bits per heavy atom. The zero-order valence-corrected chi connectivity index (χ0v) is 18.1. The molecule has 2 heterocycles. The minimum Gasteiger partial charge on any atom is -0.341 e. The molecule has 3 rings (SSSR count). The first-order valence-corrected chi connectivity index (χ1v) is 11.0. The average Bonchev–Trinajstić information content (AvgIpc) is 3.18. The van der Waals surface area contributed by atoms with Gasteiger partial charge in [0.15, 0.2) is 5.78 Å². The molecular weight excluding hydrogens is 392 g/mol. The number of hydrogen-bond acceptors (Lipinski definition) is 4. The molecule has 1 aliphatic rings. The van der Waals surface area contributed by atoms with Crippen molar-refractivity contribution < 1.29 is 9.59 Å². The lowest BCUT2D eigenvalue weighted by atomic mass is 9.95. The van der Waals surface area contributed by atoms with Crippen LogP contribution in [0.15, 0.2) is 35.7 Å². The number of piperidine rings is 1. The third kappa shape index (κ3) is 5.66. The molecule has 0 aliphatic carbocycles. The Morgan fingerprint density at radius 2 is 1.89 bits per heavy atom. The van der Waals surface area contributed by atoms with Crippen molar-refractivity contribution >= 4 is 34.6 Å². The fraction of sp³-hybridized carbons (Fsp3) is 0.455. The van der Waals surface area contributed by atoms with Crippen LogP contribution in [-0.2, 0) is 6.42 Å². The van der Waals surface area contributed by atoms with Gasteiger partial charge in [0.25, 0.3) is 5.91 Å². The number of carbonyl (C=O) groups excluding carboxylic acids is 2. The molecule has 1 fully saturated rings. The van der Waals surface area contributed by atoms with E-state index in [4.69, 9.17) is 11.6 Å². The van der Waals surface area contributed by atoms with Crippen LogP contribution in [0, 0.1) is 5.92 Å². The minimum absolute atomic E-state index is 0.00826. The Hall–Kier alpha value is -1.69. The van der Waals surface area contributed by atoms with Crippen molar-refractivity contribution in [2.24, 2.45) is 5.92 Å². The van der Waals surface area contributed by atoms with Crippen LogP contribution >= 0.6 is 22.9 Å². The third-order valence-corrected chi connectivity index (χ3v) is 6.69. The molecule has 2 aromatic rings. The number of thiophene rings is 1. The van der Waals surface area contributed by atoms with Gasteiger partial charge in [0, 0.05) is 30.5 Å². The second-order valence-electron chi connectivity index (χ2n) is 7.60. The van der Waals surface area contributed by atoms with Gasteiger partial charge in [-0.2, -0.15) is 0 Å². The molecule has 1 amide bonds. The summed E-state index contributed by atoms with van der Waals surface area (Å²) in [7, 11) is 1.86. The first kappa shape index (κ1) is 21.0. The van der Waals surface area contributed by atoms with Crippen molar-refractivity contribution in [3.05, 3.63) is 56.7 Å². The topological polar surface area (TPSA) is 40.6 Å². The Labute approximate surface area is 176 Å². The molecule has 0 radical (unpaired) electrons. The Kier molecular flexibility index (Phi) is 7.27. The lowest BCUT2D eigenvalue weighted by Gasteiger charge is -2.33.